The summed E-state index contributed by atoms with van der Waals surface area (Å²) in [6.45, 7) is 2.40. The van der Waals surface area contributed by atoms with Crippen molar-refractivity contribution in [2.24, 2.45) is 0 Å². The molecule has 0 radical (unpaired) electrons. The normalized spacial score (nSPS) is 15.8. The minimum Gasteiger partial charge on any atom is -0.496 e. The maximum absolute atomic E-state index is 12.4. The maximum Gasteiger partial charge on any atom is 0.267 e. The van der Waals surface area contributed by atoms with Crippen molar-refractivity contribution in [2.45, 2.75) is 26.0 Å². The average molecular weight is 354 g/mol. The van der Waals surface area contributed by atoms with Gasteiger partial charge in [-0.15, -0.1) is 0 Å². The molecule has 0 aliphatic carbocycles. The lowest BCUT2D eigenvalue weighted by molar-refractivity contribution is -0.125. The summed E-state index contributed by atoms with van der Waals surface area (Å²) in [6.07, 6.45) is -0.344. The van der Waals surface area contributed by atoms with Crippen LogP contribution < -0.4 is 19.7 Å². The molecule has 1 N–H and O–H groups in total. The predicted octanol–water partition coefficient (Wildman–Crippen LogP) is 2.52. The molecule has 1 heterocycles. The SMILES string of the molecule is COc1ccccc1CNC(=O)CCN1C(=O)[C@@H](C)Oc2ccccc21. The summed E-state index contributed by atoms with van der Waals surface area (Å²) >= 11 is 0. The molecule has 6 heteroatoms. The number of nitrogens with one attached hydrogen (secondary N) is 1. The van der Waals surface area contributed by atoms with Crippen molar-refractivity contribution >= 4 is 17.5 Å². The summed E-state index contributed by atoms with van der Waals surface area (Å²) in [5.41, 5.74) is 1.61. The molecule has 26 heavy (non-hydrogen) atoms. The van der Waals surface area contributed by atoms with Gasteiger partial charge >= 0.3 is 0 Å². The number of carbonyl (C=O) groups excluding carboxylic acids is 2. The molecule has 3 rings (SSSR count). The largest absolute Gasteiger partial charge is 0.496 e. The Kier molecular flexibility index (Phi) is 5.41. The van der Waals surface area contributed by atoms with Crippen molar-refractivity contribution in [3.8, 4) is 11.5 Å². The second-order valence-corrected chi connectivity index (χ2v) is 6.06. The molecule has 0 fully saturated rings. The smallest absolute Gasteiger partial charge is 0.267 e. The number of anilines is 1. The Labute approximate surface area is 152 Å². The van der Waals surface area contributed by atoms with Crippen molar-refractivity contribution in [3.63, 3.8) is 0 Å². The van der Waals surface area contributed by atoms with E-state index in [2.05, 4.69) is 5.32 Å². The topological polar surface area (TPSA) is 67.9 Å². The van der Waals surface area contributed by atoms with Gasteiger partial charge in [-0.3, -0.25) is 9.59 Å². The van der Waals surface area contributed by atoms with Crippen LogP contribution in [0.2, 0.25) is 0 Å². The molecular formula is C20H22N2O4. The number of hydrogen-bond donors (Lipinski definition) is 1. The summed E-state index contributed by atoms with van der Waals surface area (Å²) in [5, 5.41) is 2.88. The highest BCUT2D eigenvalue weighted by Gasteiger charge is 2.31. The van der Waals surface area contributed by atoms with Crippen molar-refractivity contribution in [3.05, 3.63) is 54.1 Å². The van der Waals surface area contributed by atoms with Gasteiger partial charge in [0.1, 0.15) is 11.5 Å². The number of nitrogens with zero attached hydrogens (tertiary/aromatic N) is 1. The third-order valence-corrected chi connectivity index (χ3v) is 4.30. The Morgan fingerprint density at radius 2 is 1.92 bits per heavy atom. The van der Waals surface area contributed by atoms with Crippen LogP contribution in [0.5, 0.6) is 11.5 Å². The highest BCUT2D eigenvalue weighted by Crippen LogP contribution is 2.33. The van der Waals surface area contributed by atoms with Gasteiger partial charge in [-0.2, -0.15) is 0 Å². The molecular weight excluding hydrogens is 332 g/mol. The van der Waals surface area contributed by atoms with Gasteiger partial charge in [0.15, 0.2) is 6.10 Å². The van der Waals surface area contributed by atoms with Gasteiger partial charge in [0.2, 0.25) is 5.91 Å². The van der Waals surface area contributed by atoms with E-state index in [0.29, 0.717) is 24.5 Å². The zero-order chi connectivity index (χ0) is 18.5. The van der Waals surface area contributed by atoms with E-state index in [1.807, 2.05) is 48.5 Å². The lowest BCUT2D eigenvalue weighted by atomic mass is 10.1. The molecule has 0 spiro atoms. The van der Waals surface area contributed by atoms with E-state index in [9.17, 15) is 9.59 Å². The van der Waals surface area contributed by atoms with E-state index in [-0.39, 0.29) is 18.2 Å². The number of hydrogen-bond acceptors (Lipinski definition) is 4. The zero-order valence-electron chi connectivity index (χ0n) is 14.9. The maximum atomic E-state index is 12.4. The quantitative estimate of drug-likeness (QED) is 0.866. The minimum atomic E-state index is -0.554. The van der Waals surface area contributed by atoms with Gasteiger partial charge in [0.05, 0.1) is 12.8 Å². The number of rotatable bonds is 6. The van der Waals surface area contributed by atoms with Gasteiger partial charge in [-0.25, -0.2) is 0 Å². The standard InChI is InChI=1S/C20H22N2O4/c1-14-20(24)22(16-8-4-6-10-18(16)26-14)12-11-19(23)21-13-15-7-3-5-9-17(15)25-2/h3-10,14H,11-13H2,1-2H3,(H,21,23)/t14-/m1/s1. The number of fused-ring (bicyclic) bond motifs is 1. The summed E-state index contributed by atoms with van der Waals surface area (Å²) < 4.78 is 10.9. The molecule has 0 saturated heterocycles. The number of para-hydroxylation sites is 3. The van der Waals surface area contributed by atoms with E-state index in [0.717, 1.165) is 11.3 Å². The van der Waals surface area contributed by atoms with Gasteiger partial charge in [-0.05, 0) is 25.1 Å². The molecule has 6 nitrogen and oxygen atoms in total. The Balaban J connectivity index is 1.60. The van der Waals surface area contributed by atoms with E-state index in [1.165, 1.54) is 0 Å². The van der Waals surface area contributed by atoms with Crippen LogP contribution in [-0.4, -0.2) is 31.6 Å². The van der Waals surface area contributed by atoms with Gasteiger partial charge in [-0.1, -0.05) is 30.3 Å². The first-order chi connectivity index (χ1) is 12.6. The molecule has 2 aromatic carbocycles. The molecule has 1 aliphatic rings. The summed E-state index contributed by atoms with van der Waals surface area (Å²) in [5.74, 6) is 1.13. The molecule has 0 bridgehead atoms. The molecule has 0 saturated carbocycles. The van der Waals surface area contributed by atoms with E-state index >= 15 is 0 Å². The van der Waals surface area contributed by atoms with Crippen LogP contribution in [0.25, 0.3) is 0 Å². The molecule has 1 atom stereocenters. The highest BCUT2D eigenvalue weighted by molar-refractivity contribution is 6.00. The molecule has 0 unspecified atom stereocenters. The Hall–Kier alpha value is -3.02. The fourth-order valence-corrected chi connectivity index (χ4v) is 2.93. The van der Waals surface area contributed by atoms with Crippen LogP contribution in [0, 0.1) is 0 Å². The van der Waals surface area contributed by atoms with Crippen molar-refractivity contribution in [2.75, 3.05) is 18.6 Å². The summed E-state index contributed by atoms with van der Waals surface area (Å²) in [6, 6.07) is 14.9. The van der Waals surface area contributed by atoms with Crippen LogP contribution in [0.4, 0.5) is 5.69 Å². The number of methoxy groups -OCH3 is 1. The van der Waals surface area contributed by atoms with Crippen LogP contribution in [-0.2, 0) is 16.1 Å². The molecule has 2 amide bonds. The predicted molar refractivity (Wildman–Crippen MR) is 98.3 cm³/mol. The Morgan fingerprint density at radius 1 is 1.19 bits per heavy atom. The highest BCUT2D eigenvalue weighted by atomic mass is 16.5. The lowest BCUT2D eigenvalue weighted by Gasteiger charge is -2.32. The summed E-state index contributed by atoms with van der Waals surface area (Å²) in [4.78, 5) is 26.3. The lowest BCUT2D eigenvalue weighted by Crippen LogP contribution is -2.45. The van der Waals surface area contributed by atoms with Gasteiger partial charge in [0, 0.05) is 25.1 Å². The van der Waals surface area contributed by atoms with E-state index in [1.54, 1.807) is 18.9 Å². The van der Waals surface area contributed by atoms with Crippen molar-refractivity contribution in [1.82, 2.24) is 5.32 Å². The molecule has 136 valence electrons. The molecule has 2 aromatic rings. The van der Waals surface area contributed by atoms with Crippen LogP contribution in [0.15, 0.2) is 48.5 Å². The number of ether oxygens (including phenoxy) is 2. The van der Waals surface area contributed by atoms with E-state index in [4.69, 9.17) is 9.47 Å². The second-order valence-electron chi connectivity index (χ2n) is 6.06. The van der Waals surface area contributed by atoms with Crippen molar-refractivity contribution < 1.29 is 19.1 Å². The number of benzene rings is 2. The molecule has 1 aliphatic heterocycles. The minimum absolute atomic E-state index is 0.125. The third kappa shape index (κ3) is 3.79. The summed E-state index contributed by atoms with van der Waals surface area (Å²) in [7, 11) is 1.60. The Bertz CT molecular complexity index is 806. The van der Waals surface area contributed by atoms with Gasteiger partial charge < -0.3 is 19.7 Å². The Morgan fingerprint density at radius 3 is 2.73 bits per heavy atom. The van der Waals surface area contributed by atoms with Gasteiger partial charge in [0.25, 0.3) is 5.91 Å². The zero-order valence-corrected chi connectivity index (χ0v) is 14.9. The van der Waals surface area contributed by atoms with Crippen molar-refractivity contribution in [1.29, 1.82) is 0 Å². The van der Waals surface area contributed by atoms with Crippen LogP contribution in [0.1, 0.15) is 18.9 Å². The first-order valence-corrected chi connectivity index (χ1v) is 8.56. The first-order valence-electron chi connectivity index (χ1n) is 8.56. The molecule has 0 aromatic heterocycles. The number of carbonyl (C=O) groups is 2. The monoisotopic (exact) mass is 354 g/mol. The average Bonchev–Trinajstić information content (AvgIpc) is 2.67. The third-order valence-electron chi connectivity index (χ3n) is 4.30. The van der Waals surface area contributed by atoms with Crippen LogP contribution in [0.3, 0.4) is 0 Å². The first kappa shape index (κ1) is 17.8. The number of amides is 2. The fourth-order valence-electron chi connectivity index (χ4n) is 2.93. The van der Waals surface area contributed by atoms with E-state index < -0.39 is 6.10 Å². The van der Waals surface area contributed by atoms with Crippen LogP contribution >= 0.6 is 0 Å². The second kappa shape index (κ2) is 7.91. The fraction of sp³-hybridized carbons (Fsp3) is 0.300.